The van der Waals surface area contributed by atoms with Crippen LogP contribution in [-0.4, -0.2) is 16.0 Å². The Bertz CT molecular complexity index is 741. The zero-order valence-electron chi connectivity index (χ0n) is 11.4. The van der Waals surface area contributed by atoms with E-state index in [2.05, 4.69) is 17.1 Å². The smallest absolute Gasteiger partial charge is 0.167 e. The number of aromatic amines is 1. The first-order chi connectivity index (χ1) is 9.76. The summed E-state index contributed by atoms with van der Waals surface area (Å²) in [7, 11) is 0. The van der Waals surface area contributed by atoms with Crippen molar-refractivity contribution >= 4 is 16.7 Å². The predicted octanol–water partition coefficient (Wildman–Crippen LogP) is 3.55. The van der Waals surface area contributed by atoms with E-state index >= 15 is 0 Å². The van der Waals surface area contributed by atoms with E-state index in [-0.39, 0.29) is 5.78 Å². The van der Waals surface area contributed by atoms with Crippen LogP contribution in [0.1, 0.15) is 28.4 Å². The lowest BCUT2D eigenvalue weighted by Gasteiger charge is -2.03. The van der Waals surface area contributed by atoms with Gasteiger partial charge in [0.1, 0.15) is 0 Å². The average Bonchev–Trinajstić information content (AvgIpc) is 2.95. The summed E-state index contributed by atoms with van der Waals surface area (Å²) in [6.07, 6.45) is 3.19. The molecular formula is C17H16N2O. The van der Waals surface area contributed by atoms with Crippen LogP contribution in [0.2, 0.25) is 0 Å². The van der Waals surface area contributed by atoms with Crippen molar-refractivity contribution < 1.29 is 4.79 Å². The number of fused-ring (bicyclic) bond motifs is 1. The molecule has 0 radical (unpaired) electrons. The van der Waals surface area contributed by atoms with E-state index in [0.717, 1.165) is 28.5 Å². The molecule has 0 aliphatic rings. The third-order valence-electron chi connectivity index (χ3n) is 3.55. The normalized spacial score (nSPS) is 10.8. The minimum absolute atomic E-state index is 0.149. The predicted molar refractivity (Wildman–Crippen MR) is 79.9 cm³/mol. The van der Waals surface area contributed by atoms with E-state index in [1.54, 1.807) is 6.20 Å². The van der Waals surface area contributed by atoms with Crippen LogP contribution in [0.5, 0.6) is 0 Å². The summed E-state index contributed by atoms with van der Waals surface area (Å²) in [5.74, 6) is 0.149. The Morgan fingerprint density at radius 2 is 1.85 bits per heavy atom. The molecule has 0 saturated heterocycles. The molecule has 0 aliphatic carbocycles. The van der Waals surface area contributed by atoms with Crippen molar-refractivity contribution in [3.05, 3.63) is 65.4 Å². The third-order valence-corrected chi connectivity index (χ3v) is 3.55. The topological polar surface area (TPSA) is 45.8 Å². The summed E-state index contributed by atoms with van der Waals surface area (Å²) in [4.78, 5) is 12.3. The highest BCUT2D eigenvalue weighted by Crippen LogP contribution is 2.15. The van der Waals surface area contributed by atoms with Gasteiger partial charge in [0.2, 0.25) is 0 Å². The Morgan fingerprint density at radius 1 is 1.10 bits per heavy atom. The number of hydrogen-bond donors (Lipinski definition) is 1. The van der Waals surface area contributed by atoms with Gasteiger partial charge in [-0.05, 0) is 29.7 Å². The fourth-order valence-corrected chi connectivity index (χ4v) is 2.32. The second kappa shape index (κ2) is 5.29. The third kappa shape index (κ3) is 2.48. The lowest BCUT2D eigenvalue weighted by atomic mass is 10.0. The van der Waals surface area contributed by atoms with E-state index in [1.807, 2.05) is 42.5 Å². The van der Waals surface area contributed by atoms with Gasteiger partial charge >= 0.3 is 0 Å². The first kappa shape index (κ1) is 12.6. The van der Waals surface area contributed by atoms with Gasteiger partial charge in [0.05, 0.1) is 11.7 Å². The fourth-order valence-electron chi connectivity index (χ4n) is 2.32. The van der Waals surface area contributed by atoms with Gasteiger partial charge in [-0.25, -0.2) is 0 Å². The minimum atomic E-state index is 0.149. The lowest BCUT2D eigenvalue weighted by molar-refractivity contribution is 0.0993. The Hall–Kier alpha value is -2.42. The molecular weight excluding hydrogens is 248 g/mol. The van der Waals surface area contributed by atoms with Crippen molar-refractivity contribution in [3.8, 4) is 0 Å². The number of Topliss-reactive ketones (excluding diaryl/α,β-unsaturated/α-hetero) is 1. The molecule has 2 aromatic carbocycles. The number of ketones is 1. The molecule has 0 bridgehead atoms. The summed E-state index contributed by atoms with van der Waals surface area (Å²) in [6, 6.07) is 13.8. The van der Waals surface area contributed by atoms with E-state index < -0.39 is 0 Å². The number of benzene rings is 2. The Labute approximate surface area is 117 Å². The van der Waals surface area contributed by atoms with Crippen LogP contribution in [0, 0.1) is 0 Å². The molecule has 3 nitrogen and oxygen atoms in total. The van der Waals surface area contributed by atoms with Gasteiger partial charge < -0.3 is 0 Å². The van der Waals surface area contributed by atoms with Crippen molar-refractivity contribution in [2.75, 3.05) is 0 Å². The fraction of sp³-hybridized carbons (Fsp3) is 0.176. The molecule has 0 saturated carbocycles. The van der Waals surface area contributed by atoms with Crippen molar-refractivity contribution in [1.29, 1.82) is 0 Å². The molecule has 0 fully saturated rings. The average molecular weight is 264 g/mol. The molecule has 3 aromatic rings. The highest BCUT2D eigenvalue weighted by molar-refractivity contribution is 5.98. The molecule has 1 heterocycles. The zero-order valence-corrected chi connectivity index (χ0v) is 11.4. The van der Waals surface area contributed by atoms with Gasteiger partial charge in [0.15, 0.2) is 5.78 Å². The van der Waals surface area contributed by atoms with Crippen LogP contribution in [0.25, 0.3) is 10.9 Å². The van der Waals surface area contributed by atoms with Gasteiger partial charge in [0.25, 0.3) is 0 Å². The number of aromatic nitrogens is 2. The largest absolute Gasteiger partial charge is 0.294 e. The summed E-state index contributed by atoms with van der Waals surface area (Å²) in [5, 5.41) is 7.94. The monoisotopic (exact) mass is 264 g/mol. The quantitative estimate of drug-likeness (QED) is 0.732. The first-order valence-corrected chi connectivity index (χ1v) is 6.80. The van der Waals surface area contributed by atoms with E-state index in [9.17, 15) is 4.79 Å². The molecule has 3 heteroatoms. The standard InChI is InChI=1S/C17H16N2O/c1-2-12-3-6-14(7-4-12)17(20)10-13-5-8-16-15(9-13)11-18-19-16/h3-9,11H,2,10H2,1H3,(H,18,19). The molecule has 0 atom stereocenters. The molecule has 20 heavy (non-hydrogen) atoms. The van der Waals surface area contributed by atoms with Crippen LogP contribution >= 0.6 is 0 Å². The summed E-state index contributed by atoms with van der Waals surface area (Å²) in [6.45, 7) is 2.11. The zero-order chi connectivity index (χ0) is 13.9. The molecule has 1 N–H and O–H groups in total. The highest BCUT2D eigenvalue weighted by atomic mass is 16.1. The molecule has 0 amide bonds. The van der Waals surface area contributed by atoms with Gasteiger partial charge in [-0.2, -0.15) is 5.10 Å². The van der Waals surface area contributed by atoms with Crippen molar-refractivity contribution in [2.45, 2.75) is 19.8 Å². The van der Waals surface area contributed by atoms with Gasteiger partial charge in [-0.1, -0.05) is 37.3 Å². The number of nitrogens with one attached hydrogen (secondary N) is 1. The van der Waals surface area contributed by atoms with Crippen LogP contribution < -0.4 is 0 Å². The lowest BCUT2D eigenvalue weighted by Crippen LogP contribution is -2.03. The summed E-state index contributed by atoms with van der Waals surface area (Å²) >= 11 is 0. The van der Waals surface area contributed by atoms with Crippen LogP contribution in [0.4, 0.5) is 0 Å². The van der Waals surface area contributed by atoms with E-state index in [4.69, 9.17) is 0 Å². The number of hydrogen-bond acceptors (Lipinski definition) is 2. The maximum Gasteiger partial charge on any atom is 0.167 e. The Morgan fingerprint density at radius 3 is 2.60 bits per heavy atom. The first-order valence-electron chi connectivity index (χ1n) is 6.80. The molecule has 100 valence electrons. The Kier molecular flexibility index (Phi) is 3.33. The number of carbonyl (C=O) groups is 1. The van der Waals surface area contributed by atoms with Crippen LogP contribution in [0.3, 0.4) is 0 Å². The molecule has 1 aromatic heterocycles. The summed E-state index contributed by atoms with van der Waals surface area (Å²) < 4.78 is 0. The number of carbonyl (C=O) groups excluding carboxylic acids is 1. The van der Waals surface area contributed by atoms with Gasteiger partial charge in [-0.15, -0.1) is 0 Å². The van der Waals surface area contributed by atoms with Crippen LogP contribution in [-0.2, 0) is 12.8 Å². The second-order valence-electron chi connectivity index (χ2n) is 4.94. The van der Waals surface area contributed by atoms with E-state index in [1.165, 1.54) is 5.56 Å². The number of nitrogens with zero attached hydrogens (tertiary/aromatic N) is 1. The minimum Gasteiger partial charge on any atom is -0.294 e. The molecule has 3 rings (SSSR count). The molecule has 0 unspecified atom stereocenters. The van der Waals surface area contributed by atoms with Crippen LogP contribution in [0.15, 0.2) is 48.7 Å². The number of rotatable bonds is 4. The number of H-pyrrole nitrogens is 1. The molecule has 0 aliphatic heterocycles. The number of aryl methyl sites for hydroxylation is 1. The maximum atomic E-state index is 12.3. The SMILES string of the molecule is CCc1ccc(C(=O)Cc2ccc3[nH]ncc3c2)cc1. The Balaban J connectivity index is 1.80. The highest BCUT2D eigenvalue weighted by Gasteiger charge is 2.08. The van der Waals surface area contributed by atoms with Crippen molar-refractivity contribution in [1.82, 2.24) is 10.2 Å². The van der Waals surface area contributed by atoms with Gasteiger partial charge in [0, 0.05) is 17.4 Å². The van der Waals surface area contributed by atoms with Crippen molar-refractivity contribution in [3.63, 3.8) is 0 Å². The maximum absolute atomic E-state index is 12.3. The van der Waals surface area contributed by atoms with E-state index in [0.29, 0.717) is 6.42 Å². The second-order valence-corrected chi connectivity index (χ2v) is 4.94. The van der Waals surface area contributed by atoms with Gasteiger partial charge in [-0.3, -0.25) is 9.89 Å². The van der Waals surface area contributed by atoms with Crippen molar-refractivity contribution in [2.24, 2.45) is 0 Å². The summed E-state index contributed by atoms with van der Waals surface area (Å²) in [5.41, 5.74) is 4.04. The molecule has 0 spiro atoms.